The number of carbonyl (C=O) groups excluding carboxylic acids is 4. The summed E-state index contributed by atoms with van der Waals surface area (Å²) in [5.74, 6) is -0.823. The van der Waals surface area contributed by atoms with Gasteiger partial charge in [-0.05, 0) is 52.0 Å². The van der Waals surface area contributed by atoms with Gasteiger partial charge >= 0.3 is 5.97 Å². The highest BCUT2D eigenvalue weighted by atomic mass is 32.1. The van der Waals surface area contributed by atoms with Crippen LogP contribution in [0.25, 0.3) is 0 Å². The van der Waals surface area contributed by atoms with Gasteiger partial charge in [-0.25, -0.2) is 4.98 Å². The van der Waals surface area contributed by atoms with Gasteiger partial charge in [-0.3, -0.25) is 24.1 Å². The number of nitrogens with zero attached hydrogens (tertiary/aromatic N) is 3. The smallest absolute Gasteiger partial charge is 0.303 e. The number of ketones is 2. The summed E-state index contributed by atoms with van der Waals surface area (Å²) < 4.78 is 5.66. The van der Waals surface area contributed by atoms with Crippen LogP contribution in [-0.4, -0.2) is 69.4 Å². The molecule has 1 amide bonds. The Kier molecular flexibility index (Phi) is 12.5. The molecule has 0 saturated carbocycles. The Hall–Kier alpha value is -2.13. The number of hydrogen-bond donors (Lipinski definition) is 0. The fourth-order valence-electron chi connectivity index (χ4n) is 5.76. The van der Waals surface area contributed by atoms with E-state index in [2.05, 4.69) is 44.5 Å². The minimum atomic E-state index is -0.676. The van der Waals surface area contributed by atoms with Crippen molar-refractivity contribution in [2.45, 2.75) is 125 Å². The number of rotatable bonds is 13. The van der Waals surface area contributed by atoms with Crippen LogP contribution in [0.2, 0.25) is 0 Å². The third-order valence-corrected chi connectivity index (χ3v) is 9.28. The molecule has 0 aromatic carbocycles. The Bertz CT molecular complexity index is 1030. The molecule has 1 aliphatic heterocycles. The van der Waals surface area contributed by atoms with E-state index in [-0.39, 0.29) is 53.4 Å². The number of likely N-dealkylation sites (tertiary alicyclic amines) is 1. The van der Waals surface area contributed by atoms with Gasteiger partial charge in [-0.2, -0.15) is 0 Å². The average Bonchev–Trinajstić information content (AvgIpc) is 3.38. The summed E-state index contributed by atoms with van der Waals surface area (Å²) in [4.78, 5) is 60.2. The van der Waals surface area contributed by atoms with Crippen LogP contribution in [0, 0.1) is 17.8 Å². The Morgan fingerprint density at radius 1 is 1.15 bits per heavy atom. The maximum Gasteiger partial charge on any atom is 0.303 e. The average molecular weight is 578 g/mol. The van der Waals surface area contributed by atoms with Gasteiger partial charge in [0.05, 0.1) is 6.04 Å². The van der Waals surface area contributed by atoms with Crippen LogP contribution in [0.15, 0.2) is 5.38 Å². The monoisotopic (exact) mass is 577 g/mol. The molecule has 5 atom stereocenters. The number of piperidine rings is 1. The zero-order valence-corrected chi connectivity index (χ0v) is 27.1. The summed E-state index contributed by atoms with van der Waals surface area (Å²) in [6.45, 7) is 18.3. The molecule has 40 heavy (non-hydrogen) atoms. The van der Waals surface area contributed by atoms with Crippen molar-refractivity contribution in [3.63, 3.8) is 0 Å². The molecular formula is C31H51N3O5S. The minimum absolute atomic E-state index is 0.0414. The van der Waals surface area contributed by atoms with Crippen molar-refractivity contribution in [1.82, 2.24) is 14.8 Å². The first-order valence-electron chi connectivity index (χ1n) is 14.8. The van der Waals surface area contributed by atoms with Gasteiger partial charge in [0.2, 0.25) is 5.91 Å². The second kappa shape index (κ2) is 14.7. The summed E-state index contributed by atoms with van der Waals surface area (Å²) >= 11 is 1.28. The second-order valence-electron chi connectivity index (χ2n) is 12.8. The zero-order chi connectivity index (χ0) is 30.4. The van der Waals surface area contributed by atoms with Crippen LogP contribution in [0.1, 0.15) is 122 Å². The largest absolute Gasteiger partial charge is 0.455 e. The summed E-state index contributed by atoms with van der Waals surface area (Å²) in [5.41, 5.74) is 0.227. The lowest BCUT2D eigenvalue weighted by atomic mass is 9.82. The van der Waals surface area contributed by atoms with Gasteiger partial charge < -0.3 is 9.64 Å². The summed E-state index contributed by atoms with van der Waals surface area (Å²) in [5, 5.41) is 2.21. The zero-order valence-electron chi connectivity index (χ0n) is 26.3. The quantitative estimate of drug-likeness (QED) is 0.206. The molecule has 1 aliphatic rings. The van der Waals surface area contributed by atoms with E-state index in [9.17, 15) is 19.2 Å². The van der Waals surface area contributed by atoms with Crippen LogP contribution < -0.4 is 0 Å². The normalized spacial score (nSPS) is 19.5. The highest BCUT2D eigenvalue weighted by molar-refractivity contribution is 7.09. The molecule has 0 unspecified atom stereocenters. The fourth-order valence-corrected chi connectivity index (χ4v) is 6.66. The summed E-state index contributed by atoms with van der Waals surface area (Å²) in [6, 6.07) is -0.419. The summed E-state index contributed by atoms with van der Waals surface area (Å²) in [7, 11) is 1.79. The molecule has 1 saturated heterocycles. The number of ether oxygens (including phenoxy) is 1. The maximum atomic E-state index is 14.1. The summed E-state index contributed by atoms with van der Waals surface area (Å²) in [6.07, 6.45) is 3.64. The first-order chi connectivity index (χ1) is 18.6. The molecule has 0 N–H and O–H groups in total. The fraction of sp³-hybridized carbons (Fsp3) is 0.774. The lowest BCUT2D eigenvalue weighted by Gasteiger charge is -2.44. The molecule has 0 bridgehead atoms. The van der Waals surface area contributed by atoms with E-state index in [0.29, 0.717) is 17.1 Å². The number of Topliss-reactive ketones (excluding diaryl/α,β-unsaturated/α-hetero) is 2. The topological polar surface area (TPSA) is 96.9 Å². The number of carbonyl (C=O) groups is 4. The predicted molar refractivity (Wildman–Crippen MR) is 159 cm³/mol. The van der Waals surface area contributed by atoms with Gasteiger partial charge in [0.25, 0.3) is 0 Å². The molecule has 1 aromatic rings. The molecule has 0 aliphatic carbocycles. The standard InChI is InChI=1S/C31H51N3O5S/c1-11-20(4)23(16-27(37)25-14-12-13-15-34(25)31(7,8)9)30(38)33(10)26(19(2)3)17-28(39-22(6)36)29-32-24(18-40-29)21(5)35/h18-20,23,25-26,28H,11-17H2,1-10H3/t20-,23-,25+,26+,28+/m0/s1. The van der Waals surface area contributed by atoms with Gasteiger partial charge in [0.15, 0.2) is 17.7 Å². The second-order valence-corrected chi connectivity index (χ2v) is 13.6. The molecule has 0 spiro atoms. The molecule has 1 fully saturated rings. The van der Waals surface area contributed by atoms with E-state index in [1.165, 1.54) is 25.2 Å². The lowest BCUT2D eigenvalue weighted by Crippen LogP contribution is -2.54. The molecule has 2 heterocycles. The van der Waals surface area contributed by atoms with Gasteiger partial charge in [-0.15, -0.1) is 11.3 Å². The first kappa shape index (κ1) is 34.1. The van der Waals surface area contributed by atoms with Crippen LogP contribution in [0.4, 0.5) is 0 Å². The number of amides is 1. The van der Waals surface area contributed by atoms with Crippen molar-refractivity contribution in [1.29, 1.82) is 0 Å². The van der Waals surface area contributed by atoms with Crippen molar-refractivity contribution in [2.75, 3.05) is 13.6 Å². The van der Waals surface area contributed by atoms with Crippen molar-refractivity contribution >= 4 is 34.8 Å². The van der Waals surface area contributed by atoms with Crippen molar-refractivity contribution in [2.24, 2.45) is 17.8 Å². The number of thiazole rings is 1. The van der Waals surface area contributed by atoms with Crippen molar-refractivity contribution in [3.05, 3.63) is 16.1 Å². The minimum Gasteiger partial charge on any atom is -0.455 e. The van der Waals surface area contributed by atoms with Crippen molar-refractivity contribution in [3.8, 4) is 0 Å². The van der Waals surface area contributed by atoms with Gasteiger partial charge in [0, 0.05) is 56.6 Å². The number of hydrogen-bond acceptors (Lipinski definition) is 8. The predicted octanol–water partition coefficient (Wildman–Crippen LogP) is 6.10. The van der Waals surface area contributed by atoms with E-state index in [1.807, 2.05) is 13.8 Å². The number of aromatic nitrogens is 1. The van der Waals surface area contributed by atoms with Crippen molar-refractivity contribution < 1.29 is 23.9 Å². The molecule has 0 radical (unpaired) electrons. The van der Waals surface area contributed by atoms with E-state index >= 15 is 0 Å². The molecule has 2 rings (SSSR count). The van der Waals surface area contributed by atoms with Crippen LogP contribution in [0.3, 0.4) is 0 Å². The highest BCUT2D eigenvalue weighted by Gasteiger charge is 2.40. The maximum absolute atomic E-state index is 14.1. The Morgan fingerprint density at radius 2 is 1.80 bits per heavy atom. The number of esters is 1. The van der Waals surface area contributed by atoms with E-state index in [0.717, 1.165) is 32.2 Å². The van der Waals surface area contributed by atoms with Gasteiger partial charge in [-0.1, -0.05) is 40.5 Å². The molecule has 8 nitrogen and oxygen atoms in total. The molecule has 226 valence electrons. The Morgan fingerprint density at radius 3 is 2.30 bits per heavy atom. The van der Waals surface area contributed by atoms with E-state index < -0.39 is 18.0 Å². The Labute approximate surface area is 245 Å². The molecular weight excluding hydrogens is 526 g/mol. The third kappa shape index (κ3) is 8.93. The molecule has 9 heteroatoms. The van der Waals surface area contributed by atoms with E-state index in [4.69, 9.17) is 4.74 Å². The lowest BCUT2D eigenvalue weighted by molar-refractivity contribution is -0.149. The van der Waals surface area contributed by atoms with Crippen LogP contribution >= 0.6 is 11.3 Å². The SMILES string of the molecule is CC[C@H](C)[C@H](CC(=O)[C@H]1CCCCN1C(C)(C)C)C(=O)N(C)[C@H](C[C@@H](OC(C)=O)c1nc(C(C)=O)cs1)C(C)C. The van der Waals surface area contributed by atoms with Crippen LogP contribution in [-0.2, 0) is 19.1 Å². The van der Waals surface area contributed by atoms with E-state index in [1.54, 1.807) is 17.3 Å². The van der Waals surface area contributed by atoms with Gasteiger partial charge in [0.1, 0.15) is 10.7 Å². The third-order valence-electron chi connectivity index (χ3n) is 8.34. The molecule has 1 aromatic heterocycles. The highest BCUT2D eigenvalue weighted by Crippen LogP contribution is 2.33. The Balaban J connectivity index is 2.31. The first-order valence-corrected chi connectivity index (χ1v) is 15.7. The van der Waals surface area contributed by atoms with Crippen LogP contribution in [0.5, 0.6) is 0 Å².